The lowest BCUT2D eigenvalue weighted by atomic mass is 9.85. The summed E-state index contributed by atoms with van der Waals surface area (Å²) in [5.41, 5.74) is 12.3. The maximum atomic E-state index is 14.7. The molecule has 0 aliphatic carbocycles. The van der Waals surface area contributed by atoms with E-state index in [2.05, 4.69) is 20.9 Å². The van der Waals surface area contributed by atoms with Crippen molar-refractivity contribution >= 4 is 50.2 Å². The highest BCUT2D eigenvalue weighted by Crippen LogP contribution is 2.36. The van der Waals surface area contributed by atoms with Crippen molar-refractivity contribution in [2.75, 3.05) is 12.8 Å². The summed E-state index contributed by atoms with van der Waals surface area (Å²) in [5, 5.41) is 0.639. The first-order valence-corrected chi connectivity index (χ1v) is 10.3. The Labute approximate surface area is 186 Å². The van der Waals surface area contributed by atoms with E-state index in [-0.39, 0.29) is 47.5 Å². The summed E-state index contributed by atoms with van der Waals surface area (Å²) >= 11 is 3.37. The quantitative estimate of drug-likeness (QED) is 0.545. The second-order valence-corrected chi connectivity index (χ2v) is 8.69. The van der Waals surface area contributed by atoms with Gasteiger partial charge in [-0.05, 0) is 42.8 Å². The Bertz CT molecular complexity index is 1270. The molecule has 160 valence electrons. The van der Waals surface area contributed by atoms with Gasteiger partial charge in [-0.25, -0.2) is 9.38 Å². The molecule has 0 spiro atoms. The van der Waals surface area contributed by atoms with Crippen LogP contribution < -0.4 is 11.5 Å². The molecule has 0 radical (unpaired) electrons. The molecule has 0 fully saturated rings. The van der Waals surface area contributed by atoms with Gasteiger partial charge in [-0.3, -0.25) is 14.5 Å². The van der Waals surface area contributed by atoms with Crippen molar-refractivity contribution in [3.63, 3.8) is 0 Å². The molecule has 1 aliphatic heterocycles. The summed E-state index contributed by atoms with van der Waals surface area (Å²) < 4.78 is 21.2. The number of furan rings is 1. The Morgan fingerprint density at radius 1 is 1.29 bits per heavy atom. The fourth-order valence-corrected chi connectivity index (χ4v) is 4.08. The first-order valence-electron chi connectivity index (χ1n) is 9.50. The third kappa shape index (κ3) is 3.69. The van der Waals surface area contributed by atoms with E-state index < -0.39 is 11.4 Å². The molecule has 0 saturated carbocycles. The third-order valence-corrected chi connectivity index (χ3v) is 5.99. The van der Waals surface area contributed by atoms with Crippen LogP contribution in [0.1, 0.15) is 35.0 Å². The number of fused-ring (bicyclic) bond motifs is 1. The molecule has 0 bridgehead atoms. The topological polar surface area (TPSA) is 115 Å². The minimum absolute atomic E-state index is 0.0147. The number of nitrogens with zero attached hydrogens (tertiary/aromatic N) is 2. The molecule has 2 heterocycles. The van der Waals surface area contributed by atoms with E-state index in [1.54, 1.807) is 25.1 Å². The highest BCUT2D eigenvalue weighted by Gasteiger charge is 2.38. The highest BCUT2D eigenvalue weighted by molar-refractivity contribution is 9.10. The van der Waals surface area contributed by atoms with E-state index in [4.69, 9.17) is 15.9 Å². The standard InChI is InChI=1S/C22H20BrFN4O3/c1-22(10-18(30)28(2)21(26)27-22)14-7-11(3-5-15(14)24)8-16(29)20-19(25)13-9-12(23)4-6-17(13)31-20/h3-7,9H,8,10,25H2,1-2H3,(H2,26,27). The predicted octanol–water partition coefficient (Wildman–Crippen LogP) is 3.73. The average molecular weight is 487 g/mol. The Morgan fingerprint density at radius 3 is 2.74 bits per heavy atom. The lowest BCUT2D eigenvalue weighted by Gasteiger charge is -2.34. The van der Waals surface area contributed by atoms with Crippen molar-refractivity contribution in [1.29, 1.82) is 0 Å². The van der Waals surface area contributed by atoms with E-state index >= 15 is 0 Å². The predicted molar refractivity (Wildman–Crippen MR) is 119 cm³/mol. The molecule has 1 atom stereocenters. The van der Waals surface area contributed by atoms with Crippen LogP contribution in [0.3, 0.4) is 0 Å². The number of halogens is 2. The van der Waals surface area contributed by atoms with Crippen molar-refractivity contribution in [3.05, 3.63) is 63.6 Å². The number of rotatable bonds is 4. The molecule has 1 aliphatic rings. The number of hydrogen-bond donors (Lipinski definition) is 2. The Hall–Kier alpha value is -3.20. The number of nitrogens with two attached hydrogens (primary N) is 2. The zero-order valence-corrected chi connectivity index (χ0v) is 18.5. The number of Topliss-reactive ketones (excluding diaryl/α,β-unsaturated/α-hetero) is 1. The van der Waals surface area contributed by atoms with Crippen molar-refractivity contribution in [3.8, 4) is 0 Å². The van der Waals surface area contributed by atoms with Crippen LogP contribution in [0, 0.1) is 5.82 Å². The SMILES string of the molecule is CN1C(=O)CC(C)(c2cc(CC(=O)c3oc4ccc(Br)cc4c3N)ccc2F)N=C1N. The van der Waals surface area contributed by atoms with Gasteiger partial charge in [0.25, 0.3) is 0 Å². The van der Waals surface area contributed by atoms with Gasteiger partial charge >= 0.3 is 0 Å². The fourth-order valence-electron chi connectivity index (χ4n) is 3.72. The third-order valence-electron chi connectivity index (χ3n) is 5.49. The Balaban J connectivity index is 1.67. The lowest BCUT2D eigenvalue weighted by Crippen LogP contribution is -2.47. The molecule has 4 N–H and O–H groups in total. The first-order chi connectivity index (χ1) is 14.6. The zero-order valence-electron chi connectivity index (χ0n) is 16.9. The van der Waals surface area contributed by atoms with Crippen molar-refractivity contribution < 1.29 is 18.4 Å². The maximum absolute atomic E-state index is 14.7. The van der Waals surface area contributed by atoms with Crippen LogP contribution in [0.15, 0.2) is 50.3 Å². The van der Waals surface area contributed by atoms with E-state index in [0.29, 0.717) is 16.5 Å². The highest BCUT2D eigenvalue weighted by atomic mass is 79.9. The molecule has 1 amide bonds. The molecule has 31 heavy (non-hydrogen) atoms. The Kier molecular flexibility index (Phi) is 5.09. The van der Waals surface area contributed by atoms with E-state index in [1.165, 1.54) is 30.1 Å². The summed E-state index contributed by atoms with van der Waals surface area (Å²) in [5.74, 6) is -1.06. The number of benzene rings is 2. The normalized spacial score (nSPS) is 19.0. The molecule has 3 aromatic rings. The van der Waals surface area contributed by atoms with Gasteiger partial charge in [-0.1, -0.05) is 22.0 Å². The van der Waals surface area contributed by atoms with Gasteiger partial charge in [0, 0.05) is 28.9 Å². The van der Waals surface area contributed by atoms with E-state index in [0.717, 1.165) is 4.47 Å². The molecule has 4 rings (SSSR count). The molecule has 7 nitrogen and oxygen atoms in total. The van der Waals surface area contributed by atoms with Crippen LogP contribution in [0.4, 0.5) is 10.1 Å². The number of hydrogen-bond acceptors (Lipinski definition) is 6. The summed E-state index contributed by atoms with van der Waals surface area (Å²) in [6.45, 7) is 1.64. The fraction of sp³-hybridized carbons (Fsp3) is 0.227. The molecule has 2 aromatic carbocycles. The van der Waals surface area contributed by atoms with Gasteiger partial charge < -0.3 is 15.9 Å². The van der Waals surface area contributed by atoms with Gasteiger partial charge in [0.1, 0.15) is 11.4 Å². The lowest BCUT2D eigenvalue weighted by molar-refractivity contribution is -0.128. The molecule has 9 heteroatoms. The monoisotopic (exact) mass is 486 g/mol. The van der Waals surface area contributed by atoms with Gasteiger partial charge in [0.2, 0.25) is 11.7 Å². The summed E-state index contributed by atoms with van der Waals surface area (Å²) in [6.07, 6.45) is -0.0917. The largest absolute Gasteiger partial charge is 0.451 e. The van der Waals surface area contributed by atoms with Crippen LogP contribution in [-0.4, -0.2) is 29.6 Å². The van der Waals surface area contributed by atoms with Crippen LogP contribution in [0.5, 0.6) is 0 Å². The van der Waals surface area contributed by atoms with E-state index in [1.807, 2.05) is 0 Å². The smallest absolute Gasteiger partial charge is 0.231 e. The molecule has 1 aromatic heterocycles. The second-order valence-electron chi connectivity index (χ2n) is 7.77. The number of nitrogen functional groups attached to an aromatic ring is 1. The maximum Gasteiger partial charge on any atom is 0.231 e. The molecule has 1 unspecified atom stereocenters. The van der Waals surface area contributed by atoms with Crippen LogP contribution in [0.25, 0.3) is 11.0 Å². The zero-order chi connectivity index (χ0) is 22.5. The summed E-state index contributed by atoms with van der Waals surface area (Å²) in [4.78, 5) is 30.7. The van der Waals surface area contributed by atoms with E-state index in [9.17, 15) is 14.0 Å². The van der Waals surface area contributed by atoms with Crippen LogP contribution in [0.2, 0.25) is 0 Å². The van der Waals surface area contributed by atoms with Crippen molar-refractivity contribution in [1.82, 2.24) is 4.90 Å². The van der Waals surface area contributed by atoms with Gasteiger partial charge in [0.15, 0.2) is 11.7 Å². The van der Waals surface area contributed by atoms with Crippen LogP contribution in [-0.2, 0) is 16.8 Å². The number of anilines is 1. The molecular formula is C22H20BrFN4O3. The first kappa shape index (κ1) is 21.0. The number of aliphatic imine (C=N–C) groups is 1. The molecular weight excluding hydrogens is 467 g/mol. The second kappa shape index (κ2) is 7.49. The van der Waals surface area contributed by atoms with Gasteiger partial charge in [-0.15, -0.1) is 0 Å². The van der Waals surface area contributed by atoms with Gasteiger partial charge in [0.05, 0.1) is 17.6 Å². The van der Waals surface area contributed by atoms with Crippen LogP contribution >= 0.6 is 15.9 Å². The summed E-state index contributed by atoms with van der Waals surface area (Å²) in [6, 6.07) is 9.61. The number of ketones is 1. The average Bonchev–Trinajstić information content (AvgIpc) is 3.03. The van der Waals surface area contributed by atoms with Crippen molar-refractivity contribution in [2.45, 2.75) is 25.3 Å². The number of guanidine groups is 1. The van der Waals surface area contributed by atoms with Crippen molar-refractivity contribution in [2.24, 2.45) is 10.7 Å². The molecule has 0 saturated heterocycles. The van der Waals surface area contributed by atoms with Gasteiger partial charge in [-0.2, -0.15) is 0 Å². The minimum Gasteiger partial charge on any atom is -0.451 e. The number of carbonyl (C=O) groups is 2. The Morgan fingerprint density at radius 2 is 2.03 bits per heavy atom. The minimum atomic E-state index is -1.17. The number of amides is 1. The number of carbonyl (C=O) groups excluding carboxylic acids is 2. The summed E-state index contributed by atoms with van der Waals surface area (Å²) in [7, 11) is 1.52.